The molecule has 5 heteroatoms. The molecule has 26 heavy (non-hydrogen) atoms. The Labute approximate surface area is 157 Å². The molecular formula is C21H22ClFN2O. The topological polar surface area (TPSA) is 41.1 Å². The number of amides is 1. The normalized spacial score (nSPS) is 20.8. The number of hydrogen-bond acceptors (Lipinski definition) is 2. The van der Waals surface area contributed by atoms with Crippen LogP contribution in [-0.2, 0) is 11.3 Å². The van der Waals surface area contributed by atoms with Gasteiger partial charge in [-0.25, -0.2) is 4.39 Å². The van der Waals surface area contributed by atoms with Gasteiger partial charge in [-0.3, -0.25) is 4.79 Å². The first-order valence-electron chi connectivity index (χ1n) is 9.10. The summed E-state index contributed by atoms with van der Waals surface area (Å²) in [7, 11) is 0. The Hall–Kier alpha value is -1.91. The smallest absolute Gasteiger partial charge is 0.223 e. The molecule has 1 unspecified atom stereocenters. The number of benzene rings is 2. The van der Waals surface area contributed by atoms with E-state index in [9.17, 15) is 9.18 Å². The number of halogens is 2. The summed E-state index contributed by atoms with van der Waals surface area (Å²) in [5.41, 5.74) is 2.42. The zero-order valence-electron chi connectivity index (χ0n) is 14.5. The van der Waals surface area contributed by atoms with E-state index in [0.717, 1.165) is 43.5 Å². The molecule has 1 heterocycles. The van der Waals surface area contributed by atoms with Gasteiger partial charge in [0.25, 0.3) is 0 Å². The van der Waals surface area contributed by atoms with Crippen molar-refractivity contribution in [3.8, 4) is 11.1 Å². The van der Waals surface area contributed by atoms with Gasteiger partial charge in [0.2, 0.25) is 5.91 Å². The fourth-order valence-electron chi connectivity index (χ4n) is 4.01. The van der Waals surface area contributed by atoms with E-state index in [0.29, 0.717) is 10.6 Å². The molecule has 1 aliphatic carbocycles. The lowest BCUT2D eigenvalue weighted by Crippen LogP contribution is -2.33. The number of carbonyl (C=O) groups is 1. The highest BCUT2D eigenvalue weighted by molar-refractivity contribution is 6.30. The van der Waals surface area contributed by atoms with Crippen molar-refractivity contribution in [1.82, 2.24) is 10.6 Å². The van der Waals surface area contributed by atoms with Crippen LogP contribution >= 0.6 is 11.6 Å². The van der Waals surface area contributed by atoms with Gasteiger partial charge in [-0.2, -0.15) is 0 Å². The van der Waals surface area contributed by atoms with Crippen molar-refractivity contribution in [3.05, 3.63) is 58.9 Å². The lowest BCUT2D eigenvalue weighted by atomic mass is 9.92. The van der Waals surface area contributed by atoms with Crippen LogP contribution in [0.3, 0.4) is 0 Å². The molecule has 2 fully saturated rings. The van der Waals surface area contributed by atoms with Crippen molar-refractivity contribution in [2.45, 2.75) is 25.8 Å². The zero-order valence-corrected chi connectivity index (χ0v) is 15.3. The van der Waals surface area contributed by atoms with Crippen molar-refractivity contribution in [2.24, 2.45) is 11.3 Å². The predicted octanol–water partition coefficient (Wildman–Crippen LogP) is 4.15. The molecule has 2 aliphatic rings. The summed E-state index contributed by atoms with van der Waals surface area (Å²) in [5.74, 6) is -0.140. The van der Waals surface area contributed by atoms with E-state index in [1.807, 2.05) is 18.2 Å². The highest BCUT2D eigenvalue weighted by Crippen LogP contribution is 2.58. The van der Waals surface area contributed by atoms with Gasteiger partial charge >= 0.3 is 0 Å². The Morgan fingerprint density at radius 2 is 1.85 bits per heavy atom. The number of nitrogens with one attached hydrogen (secondary N) is 2. The molecule has 2 aromatic carbocycles. The Bertz CT molecular complexity index is 815. The van der Waals surface area contributed by atoms with Crippen LogP contribution in [0.25, 0.3) is 11.1 Å². The van der Waals surface area contributed by atoms with E-state index in [1.54, 1.807) is 18.2 Å². The lowest BCUT2D eigenvalue weighted by molar-refractivity contribution is -0.123. The predicted molar refractivity (Wildman–Crippen MR) is 101 cm³/mol. The minimum atomic E-state index is -0.301. The number of rotatable bonds is 4. The van der Waals surface area contributed by atoms with Gasteiger partial charge in [-0.15, -0.1) is 0 Å². The second kappa shape index (κ2) is 7.01. The quantitative estimate of drug-likeness (QED) is 0.846. The number of carbonyl (C=O) groups excluding carboxylic acids is 1. The fourth-order valence-corrected chi connectivity index (χ4v) is 4.14. The molecule has 0 radical (unpaired) electrons. The van der Waals surface area contributed by atoms with E-state index >= 15 is 0 Å². The minimum Gasteiger partial charge on any atom is -0.352 e. The van der Waals surface area contributed by atoms with Crippen LogP contribution in [0.1, 0.15) is 24.8 Å². The molecule has 1 amide bonds. The highest BCUT2D eigenvalue weighted by Gasteiger charge is 2.57. The van der Waals surface area contributed by atoms with Crippen LogP contribution < -0.4 is 10.6 Å². The maximum absolute atomic E-state index is 14.4. The molecule has 1 atom stereocenters. The Morgan fingerprint density at radius 1 is 1.15 bits per heavy atom. The Balaban J connectivity index is 1.38. The summed E-state index contributed by atoms with van der Waals surface area (Å²) >= 11 is 5.89. The summed E-state index contributed by atoms with van der Waals surface area (Å²) in [6.07, 6.45) is 3.10. The third-order valence-corrected chi connectivity index (χ3v) is 6.04. The van der Waals surface area contributed by atoms with Gasteiger partial charge in [-0.05, 0) is 67.1 Å². The molecule has 3 nitrogen and oxygen atoms in total. The Kier molecular flexibility index (Phi) is 4.72. The van der Waals surface area contributed by atoms with E-state index in [4.69, 9.17) is 11.6 Å². The summed E-state index contributed by atoms with van der Waals surface area (Å²) in [6, 6.07) is 12.4. The summed E-state index contributed by atoms with van der Waals surface area (Å²) in [4.78, 5) is 12.4. The average molecular weight is 373 g/mol. The highest BCUT2D eigenvalue weighted by atomic mass is 35.5. The largest absolute Gasteiger partial charge is 0.352 e. The van der Waals surface area contributed by atoms with Gasteiger partial charge in [0.05, 0.1) is 0 Å². The standard InChI is InChI=1S/C21H22ClFN2O/c22-17-5-3-14(4-6-17)15-1-2-16(19(23)11-15)13-25-20(26)18-12-21(18)7-9-24-10-8-21/h1-6,11,18,24H,7-10,12-13H2,(H,25,26). The SMILES string of the molecule is O=C(NCc1ccc(-c2ccc(Cl)cc2)cc1F)C1CC12CCNCC2. The second-order valence-electron chi connectivity index (χ2n) is 7.40. The van der Waals surface area contributed by atoms with E-state index in [-0.39, 0.29) is 29.6 Å². The van der Waals surface area contributed by atoms with Crippen molar-refractivity contribution in [1.29, 1.82) is 0 Å². The molecule has 136 valence electrons. The van der Waals surface area contributed by atoms with Crippen molar-refractivity contribution < 1.29 is 9.18 Å². The zero-order chi connectivity index (χ0) is 18.1. The monoisotopic (exact) mass is 372 g/mol. The van der Waals surface area contributed by atoms with E-state index in [2.05, 4.69) is 10.6 Å². The van der Waals surface area contributed by atoms with Crippen LogP contribution in [0.15, 0.2) is 42.5 Å². The molecular weight excluding hydrogens is 351 g/mol. The van der Waals surface area contributed by atoms with Crippen LogP contribution in [0, 0.1) is 17.2 Å². The number of piperidine rings is 1. The van der Waals surface area contributed by atoms with E-state index in [1.165, 1.54) is 6.07 Å². The molecule has 0 aromatic heterocycles. The molecule has 1 aliphatic heterocycles. The summed E-state index contributed by atoms with van der Waals surface area (Å²) in [6.45, 7) is 2.21. The second-order valence-corrected chi connectivity index (χ2v) is 7.84. The average Bonchev–Trinajstić information content (AvgIpc) is 3.34. The third kappa shape index (κ3) is 3.49. The molecule has 1 saturated carbocycles. The van der Waals surface area contributed by atoms with Crippen molar-refractivity contribution in [3.63, 3.8) is 0 Å². The fraction of sp³-hybridized carbons (Fsp3) is 0.381. The van der Waals surface area contributed by atoms with Crippen LogP contribution in [0.4, 0.5) is 4.39 Å². The number of hydrogen-bond donors (Lipinski definition) is 2. The van der Waals surface area contributed by atoms with Gasteiger partial charge in [0.1, 0.15) is 5.82 Å². The van der Waals surface area contributed by atoms with Gasteiger partial charge in [-0.1, -0.05) is 35.9 Å². The van der Waals surface area contributed by atoms with Gasteiger partial charge in [0.15, 0.2) is 0 Å². The summed E-state index contributed by atoms with van der Waals surface area (Å²) < 4.78 is 14.4. The van der Waals surface area contributed by atoms with Crippen LogP contribution in [0.2, 0.25) is 5.02 Å². The van der Waals surface area contributed by atoms with Gasteiger partial charge in [0, 0.05) is 23.0 Å². The maximum atomic E-state index is 14.4. The first-order chi connectivity index (χ1) is 12.6. The third-order valence-electron chi connectivity index (χ3n) is 5.79. The first kappa shape index (κ1) is 17.5. The molecule has 4 rings (SSSR count). The lowest BCUT2D eigenvalue weighted by Gasteiger charge is -2.23. The molecule has 2 N–H and O–H groups in total. The van der Waals surface area contributed by atoms with Gasteiger partial charge < -0.3 is 10.6 Å². The van der Waals surface area contributed by atoms with Crippen LogP contribution in [-0.4, -0.2) is 19.0 Å². The molecule has 0 bridgehead atoms. The molecule has 2 aromatic rings. The van der Waals surface area contributed by atoms with Crippen LogP contribution in [0.5, 0.6) is 0 Å². The minimum absolute atomic E-state index is 0.0630. The summed E-state index contributed by atoms with van der Waals surface area (Å²) in [5, 5.41) is 6.91. The Morgan fingerprint density at radius 3 is 2.54 bits per heavy atom. The van der Waals surface area contributed by atoms with Crippen molar-refractivity contribution in [2.75, 3.05) is 13.1 Å². The maximum Gasteiger partial charge on any atom is 0.223 e. The first-order valence-corrected chi connectivity index (χ1v) is 9.48. The molecule has 1 saturated heterocycles. The van der Waals surface area contributed by atoms with E-state index < -0.39 is 0 Å². The van der Waals surface area contributed by atoms with Crippen molar-refractivity contribution >= 4 is 17.5 Å². The molecule has 1 spiro atoms.